The SMILES string of the molecule is CN(C)c1ccc(C(=O)Nc2n[nH]c3ccc(OCc4ccccc4)cc23)cc1. The van der Waals surface area contributed by atoms with Crippen molar-refractivity contribution in [2.75, 3.05) is 24.3 Å². The fraction of sp³-hybridized carbons (Fsp3) is 0.130. The molecule has 0 fully saturated rings. The highest BCUT2D eigenvalue weighted by atomic mass is 16.5. The van der Waals surface area contributed by atoms with Crippen molar-refractivity contribution >= 4 is 28.3 Å². The summed E-state index contributed by atoms with van der Waals surface area (Å²) in [7, 11) is 3.92. The number of carbonyl (C=O) groups excluding carboxylic acids is 1. The van der Waals surface area contributed by atoms with E-state index in [4.69, 9.17) is 4.74 Å². The third kappa shape index (κ3) is 4.21. The van der Waals surface area contributed by atoms with Gasteiger partial charge in [-0.3, -0.25) is 9.89 Å². The summed E-state index contributed by atoms with van der Waals surface area (Å²) in [4.78, 5) is 14.6. The van der Waals surface area contributed by atoms with Crippen molar-refractivity contribution in [3.05, 3.63) is 83.9 Å². The molecule has 0 aliphatic heterocycles. The van der Waals surface area contributed by atoms with Gasteiger partial charge in [0.2, 0.25) is 0 Å². The molecule has 4 aromatic rings. The summed E-state index contributed by atoms with van der Waals surface area (Å²) < 4.78 is 5.89. The van der Waals surface area contributed by atoms with Gasteiger partial charge in [-0.1, -0.05) is 30.3 Å². The smallest absolute Gasteiger partial charge is 0.256 e. The van der Waals surface area contributed by atoms with Crippen LogP contribution in [-0.2, 0) is 6.61 Å². The zero-order valence-electron chi connectivity index (χ0n) is 16.3. The molecule has 29 heavy (non-hydrogen) atoms. The fourth-order valence-corrected chi connectivity index (χ4v) is 3.01. The number of aromatic nitrogens is 2. The van der Waals surface area contributed by atoms with E-state index in [1.54, 1.807) is 12.1 Å². The first-order valence-corrected chi connectivity index (χ1v) is 9.34. The van der Waals surface area contributed by atoms with Gasteiger partial charge in [0, 0.05) is 30.7 Å². The van der Waals surface area contributed by atoms with Crippen molar-refractivity contribution in [2.24, 2.45) is 0 Å². The first kappa shape index (κ1) is 18.6. The lowest BCUT2D eigenvalue weighted by Gasteiger charge is -2.12. The molecule has 0 saturated heterocycles. The molecule has 1 heterocycles. The second-order valence-corrected chi connectivity index (χ2v) is 6.95. The second-order valence-electron chi connectivity index (χ2n) is 6.95. The first-order valence-electron chi connectivity index (χ1n) is 9.34. The normalized spacial score (nSPS) is 10.7. The topological polar surface area (TPSA) is 70.2 Å². The van der Waals surface area contributed by atoms with E-state index in [2.05, 4.69) is 15.5 Å². The van der Waals surface area contributed by atoms with Gasteiger partial charge in [-0.05, 0) is 48.0 Å². The highest BCUT2D eigenvalue weighted by Crippen LogP contribution is 2.26. The maximum atomic E-state index is 12.6. The zero-order valence-corrected chi connectivity index (χ0v) is 16.3. The maximum Gasteiger partial charge on any atom is 0.256 e. The lowest BCUT2D eigenvalue weighted by molar-refractivity contribution is 0.102. The Bertz CT molecular complexity index is 1120. The van der Waals surface area contributed by atoms with Gasteiger partial charge in [-0.25, -0.2) is 0 Å². The monoisotopic (exact) mass is 386 g/mol. The van der Waals surface area contributed by atoms with E-state index < -0.39 is 0 Å². The molecule has 3 aromatic carbocycles. The number of anilines is 2. The van der Waals surface area contributed by atoms with Crippen LogP contribution in [0.25, 0.3) is 10.9 Å². The van der Waals surface area contributed by atoms with E-state index >= 15 is 0 Å². The van der Waals surface area contributed by atoms with Crippen LogP contribution in [0.4, 0.5) is 11.5 Å². The van der Waals surface area contributed by atoms with Gasteiger partial charge in [-0.15, -0.1) is 0 Å². The molecule has 0 unspecified atom stereocenters. The van der Waals surface area contributed by atoms with E-state index in [0.29, 0.717) is 23.7 Å². The van der Waals surface area contributed by atoms with Crippen LogP contribution in [0.1, 0.15) is 15.9 Å². The molecule has 0 aliphatic rings. The third-order valence-corrected chi connectivity index (χ3v) is 4.66. The second kappa shape index (κ2) is 8.06. The molecule has 4 rings (SSSR count). The summed E-state index contributed by atoms with van der Waals surface area (Å²) in [6, 6.07) is 23.1. The number of nitrogens with one attached hydrogen (secondary N) is 2. The summed E-state index contributed by atoms with van der Waals surface area (Å²) in [5, 5.41) is 10.9. The van der Waals surface area contributed by atoms with E-state index in [1.165, 1.54) is 0 Å². The average Bonchev–Trinajstić information content (AvgIpc) is 3.15. The van der Waals surface area contributed by atoms with Gasteiger partial charge >= 0.3 is 0 Å². The zero-order chi connectivity index (χ0) is 20.2. The number of nitrogens with zero attached hydrogens (tertiary/aromatic N) is 2. The van der Waals surface area contributed by atoms with Crippen molar-refractivity contribution in [3.63, 3.8) is 0 Å². The number of H-pyrrole nitrogens is 1. The van der Waals surface area contributed by atoms with Gasteiger partial charge in [0.05, 0.1) is 5.52 Å². The first-order chi connectivity index (χ1) is 14.1. The summed E-state index contributed by atoms with van der Waals surface area (Å²) in [6.07, 6.45) is 0. The highest BCUT2D eigenvalue weighted by Gasteiger charge is 2.12. The molecule has 2 N–H and O–H groups in total. The minimum absolute atomic E-state index is 0.209. The number of ether oxygens (including phenoxy) is 1. The molecule has 0 saturated carbocycles. The lowest BCUT2D eigenvalue weighted by Crippen LogP contribution is -2.13. The molecule has 1 amide bonds. The Morgan fingerprint density at radius 3 is 2.52 bits per heavy atom. The van der Waals surface area contributed by atoms with Crippen LogP contribution in [-0.4, -0.2) is 30.2 Å². The molecule has 0 atom stereocenters. The minimum atomic E-state index is -0.209. The summed E-state index contributed by atoms with van der Waals surface area (Å²) in [5.41, 5.74) is 3.53. The molecular weight excluding hydrogens is 364 g/mol. The number of carbonyl (C=O) groups is 1. The Labute approximate surface area is 169 Å². The van der Waals surface area contributed by atoms with E-state index in [9.17, 15) is 4.79 Å². The van der Waals surface area contributed by atoms with E-state index in [0.717, 1.165) is 22.2 Å². The molecule has 6 nitrogen and oxygen atoms in total. The molecule has 0 radical (unpaired) electrons. The minimum Gasteiger partial charge on any atom is -0.489 e. The van der Waals surface area contributed by atoms with Crippen LogP contribution in [0.15, 0.2) is 72.8 Å². The number of aromatic amines is 1. The number of fused-ring (bicyclic) bond motifs is 1. The van der Waals surface area contributed by atoms with Crippen LogP contribution in [0.3, 0.4) is 0 Å². The van der Waals surface area contributed by atoms with Crippen molar-refractivity contribution in [1.29, 1.82) is 0 Å². The van der Waals surface area contributed by atoms with Gasteiger partial charge in [-0.2, -0.15) is 5.10 Å². The van der Waals surface area contributed by atoms with Crippen molar-refractivity contribution in [3.8, 4) is 5.75 Å². The quantitative estimate of drug-likeness (QED) is 0.513. The van der Waals surface area contributed by atoms with Crippen molar-refractivity contribution < 1.29 is 9.53 Å². The fourth-order valence-electron chi connectivity index (χ4n) is 3.01. The number of rotatable bonds is 6. The predicted molar refractivity (Wildman–Crippen MR) is 116 cm³/mol. The Morgan fingerprint density at radius 2 is 1.79 bits per heavy atom. The average molecular weight is 386 g/mol. The number of hydrogen-bond acceptors (Lipinski definition) is 4. The molecule has 1 aromatic heterocycles. The van der Waals surface area contributed by atoms with Crippen LogP contribution < -0.4 is 15.0 Å². The van der Waals surface area contributed by atoms with Crippen molar-refractivity contribution in [1.82, 2.24) is 10.2 Å². The van der Waals surface area contributed by atoms with E-state index in [1.807, 2.05) is 79.7 Å². The van der Waals surface area contributed by atoms with Crippen molar-refractivity contribution in [2.45, 2.75) is 6.61 Å². The Kier molecular flexibility index (Phi) is 5.16. The standard InChI is InChI=1S/C23H22N4O2/c1-27(2)18-10-8-17(9-11-18)23(28)24-22-20-14-19(12-13-21(20)25-26-22)29-15-16-6-4-3-5-7-16/h3-14H,15H2,1-2H3,(H2,24,25,26,28). The molecule has 0 aliphatic carbocycles. The summed E-state index contributed by atoms with van der Waals surface area (Å²) >= 11 is 0. The Morgan fingerprint density at radius 1 is 1.03 bits per heavy atom. The number of hydrogen-bond donors (Lipinski definition) is 2. The predicted octanol–water partition coefficient (Wildman–Crippen LogP) is 4.46. The maximum absolute atomic E-state index is 12.6. The molecular formula is C23H22N4O2. The Balaban J connectivity index is 1.50. The van der Waals surface area contributed by atoms with Crippen LogP contribution in [0.2, 0.25) is 0 Å². The largest absolute Gasteiger partial charge is 0.489 e. The van der Waals surface area contributed by atoms with Gasteiger partial charge in [0.25, 0.3) is 5.91 Å². The van der Waals surface area contributed by atoms with Gasteiger partial charge in [0.1, 0.15) is 12.4 Å². The van der Waals surface area contributed by atoms with E-state index in [-0.39, 0.29) is 5.91 Å². The molecule has 0 bridgehead atoms. The molecule has 0 spiro atoms. The number of benzene rings is 3. The molecule has 146 valence electrons. The van der Waals surface area contributed by atoms with Gasteiger partial charge < -0.3 is 15.0 Å². The summed E-state index contributed by atoms with van der Waals surface area (Å²) in [6.45, 7) is 0.476. The third-order valence-electron chi connectivity index (χ3n) is 4.66. The highest BCUT2D eigenvalue weighted by molar-refractivity contribution is 6.08. The Hall–Kier alpha value is -3.80. The van der Waals surface area contributed by atoms with Crippen LogP contribution >= 0.6 is 0 Å². The molecule has 6 heteroatoms. The number of amides is 1. The summed E-state index contributed by atoms with van der Waals surface area (Å²) in [5.74, 6) is 0.986. The lowest BCUT2D eigenvalue weighted by atomic mass is 10.2. The van der Waals surface area contributed by atoms with Crippen LogP contribution in [0, 0.1) is 0 Å². The van der Waals surface area contributed by atoms with Gasteiger partial charge in [0.15, 0.2) is 5.82 Å². The van der Waals surface area contributed by atoms with Crippen LogP contribution in [0.5, 0.6) is 5.75 Å².